The van der Waals surface area contributed by atoms with Crippen molar-refractivity contribution in [1.82, 2.24) is 14.9 Å². The minimum atomic E-state index is -0.334. The monoisotopic (exact) mass is 355 g/mol. The van der Waals surface area contributed by atoms with E-state index in [0.717, 1.165) is 6.41 Å². The minimum absolute atomic E-state index is 0.180. The molecule has 1 saturated heterocycles. The van der Waals surface area contributed by atoms with Gasteiger partial charge >= 0.3 is 0 Å². The molecule has 0 spiro atoms. The van der Waals surface area contributed by atoms with Crippen molar-refractivity contribution in [3.8, 4) is 11.5 Å². The number of nitrogens with one attached hydrogen (secondary N) is 1. The highest BCUT2D eigenvalue weighted by atomic mass is 16.7. The van der Waals surface area contributed by atoms with Gasteiger partial charge in [-0.3, -0.25) is 9.59 Å². The zero-order valence-electron chi connectivity index (χ0n) is 13.9. The Morgan fingerprint density at radius 3 is 2.69 bits per heavy atom. The average Bonchev–Trinajstić information content (AvgIpc) is 3.16. The van der Waals surface area contributed by atoms with Crippen molar-refractivity contribution >= 4 is 23.8 Å². The van der Waals surface area contributed by atoms with Crippen LogP contribution in [0.3, 0.4) is 0 Å². The molecule has 1 aromatic heterocycles. The first-order valence-electron chi connectivity index (χ1n) is 8.20. The van der Waals surface area contributed by atoms with Gasteiger partial charge in [0.15, 0.2) is 11.5 Å². The van der Waals surface area contributed by atoms with E-state index in [1.54, 1.807) is 29.2 Å². The molecule has 1 aromatic carbocycles. The van der Waals surface area contributed by atoms with Crippen molar-refractivity contribution in [2.75, 3.05) is 43.2 Å². The van der Waals surface area contributed by atoms with E-state index in [-0.39, 0.29) is 18.4 Å². The van der Waals surface area contributed by atoms with Crippen LogP contribution in [0.15, 0.2) is 30.6 Å². The molecule has 2 aliphatic heterocycles. The van der Waals surface area contributed by atoms with E-state index in [0.29, 0.717) is 49.2 Å². The normalized spacial score (nSPS) is 15.7. The summed E-state index contributed by atoms with van der Waals surface area (Å²) in [6.45, 7) is 2.77. The van der Waals surface area contributed by atoms with Crippen LogP contribution in [-0.4, -0.2) is 60.2 Å². The summed E-state index contributed by atoms with van der Waals surface area (Å²) in [5.41, 5.74) is 0.865. The minimum Gasteiger partial charge on any atom is -0.454 e. The molecule has 0 aliphatic carbocycles. The van der Waals surface area contributed by atoms with E-state index < -0.39 is 0 Å². The Labute approximate surface area is 149 Å². The van der Waals surface area contributed by atoms with Crippen LogP contribution >= 0.6 is 0 Å². The van der Waals surface area contributed by atoms with Crippen LogP contribution < -0.4 is 19.7 Å². The summed E-state index contributed by atoms with van der Waals surface area (Å²) in [6.07, 6.45) is 2.22. The van der Waals surface area contributed by atoms with Crippen molar-refractivity contribution in [1.29, 1.82) is 0 Å². The summed E-state index contributed by atoms with van der Waals surface area (Å²) < 4.78 is 10.6. The number of aromatic nitrogens is 2. The van der Waals surface area contributed by atoms with Crippen LogP contribution in [0.5, 0.6) is 11.5 Å². The number of carbonyl (C=O) groups excluding carboxylic acids is 2. The number of hydrogen-bond donors (Lipinski definition) is 1. The number of ether oxygens (including phenoxy) is 2. The molecule has 0 bridgehead atoms. The van der Waals surface area contributed by atoms with Gasteiger partial charge < -0.3 is 24.6 Å². The third-order valence-electron chi connectivity index (χ3n) is 4.30. The van der Waals surface area contributed by atoms with Gasteiger partial charge in [0.05, 0.1) is 0 Å². The van der Waals surface area contributed by atoms with Crippen LogP contribution in [0.25, 0.3) is 0 Å². The summed E-state index contributed by atoms with van der Waals surface area (Å²) in [6, 6.07) is 6.85. The Morgan fingerprint density at radius 2 is 1.88 bits per heavy atom. The van der Waals surface area contributed by atoms with Crippen LogP contribution in [0.1, 0.15) is 10.5 Å². The molecule has 1 N–H and O–H groups in total. The highest BCUT2D eigenvalue weighted by Crippen LogP contribution is 2.34. The highest BCUT2D eigenvalue weighted by Gasteiger charge is 2.19. The van der Waals surface area contributed by atoms with Crippen LogP contribution in [0, 0.1) is 0 Å². The standard InChI is InChI=1S/C17H17N5O4/c23-10-21-3-5-22(6-4-21)16-8-13(18-9-19-16)17(24)20-12-1-2-14-15(7-12)26-11-25-14/h1-2,7-10H,3-6,11H2,(H,20,24). The lowest BCUT2D eigenvalue weighted by Crippen LogP contribution is -2.46. The largest absolute Gasteiger partial charge is 0.454 e. The highest BCUT2D eigenvalue weighted by molar-refractivity contribution is 6.03. The van der Waals surface area contributed by atoms with E-state index in [1.807, 2.05) is 4.90 Å². The lowest BCUT2D eigenvalue weighted by Gasteiger charge is -2.33. The molecular formula is C17H17N5O4. The number of rotatable bonds is 4. The van der Waals surface area contributed by atoms with E-state index in [2.05, 4.69) is 15.3 Å². The summed E-state index contributed by atoms with van der Waals surface area (Å²) in [5, 5.41) is 2.80. The lowest BCUT2D eigenvalue weighted by atomic mass is 10.2. The van der Waals surface area contributed by atoms with Gasteiger partial charge in [-0.05, 0) is 12.1 Å². The number of amides is 2. The zero-order chi connectivity index (χ0) is 17.9. The van der Waals surface area contributed by atoms with Gasteiger partial charge in [-0.1, -0.05) is 0 Å². The van der Waals surface area contributed by atoms with Gasteiger partial charge in [0, 0.05) is 44.0 Å². The number of carbonyl (C=O) groups is 2. The summed E-state index contributed by atoms with van der Waals surface area (Å²) in [4.78, 5) is 35.3. The molecule has 4 rings (SSSR count). The fraction of sp³-hybridized carbons (Fsp3) is 0.294. The molecule has 3 heterocycles. The van der Waals surface area contributed by atoms with Gasteiger partial charge in [0.2, 0.25) is 13.2 Å². The number of fused-ring (bicyclic) bond motifs is 1. The Morgan fingerprint density at radius 1 is 1.08 bits per heavy atom. The fourth-order valence-corrected chi connectivity index (χ4v) is 2.87. The van der Waals surface area contributed by atoms with Gasteiger partial charge in [-0.25, -0.2) is 9.97 Å². The molecule has 2 amide bonds. The number of piperazine rings is 1. The van der Waals surface area contributed by atoms with Crippen LogP contribution in [-0.2, 0) is 4.79 Å². The second kappa shape index (κ2) is 6.87. The van der Waals surface area contributed by atoms with Crippen LogP contribution in [0.4, 0.5) is 11.5 Å². The van der Waals surface area contributed by atoms with E-state index in [4.69, 9.17) is 9.47 Å². The summed E-state index contributed by atoms with van der Waals surface area (Å²) >= 11 is 0. The maximum absolute atomic E-state index is 12.5. The van der Waals surface area contributed by atoms with Crippen molar-refractivity contribution < 1.29 is 19.1 Å². The average molecular weight is 355 g/mol. The molecule has 134 valence electrons. The number of hydrogen-bond acceptors (Lipinski definition) is 7. The Bertz CT molecular complexity index is 836. The molecule has 2 aliphatic rings. The fourth-order valence-electron chi connectivity index (χ4n) is 2.87. The lowest BCUT2D eigenvalue weighted by molar-refractivity contribution is -0.118. The predicted molar refractivity (Wildman–Crippen MR) is 92.4 cm³/mol. The molecule has 1 fully saturated rings. The van der Waals surface area contributed by atoms with Gasteiger partial charge in [0.25, 0.3) is 5.91 Å². The summed E-state index contributed by atoms with van der Waals surface area (Å²) in [7, 11) is 0. The van der Waals surface area contributed by atoms with Gasteiger partial charge in [0.1, 0.15) is 17.8 Å². The maximum Gasteiger partial charge on any atom is 0.274 e. The second-order valence-corrected chi connectivity index (χ2v) is 5.91. The van der Waals surface area contributed by atoms with Crippen molar-refractivity contribution in [3.63, 3.8) is 0 Å². The number of nitrogens with zero attached hydrogens (tertiary/aromatic N) is 4. The topological polar surface area (TPSA) is 96.9 Å². The van der Waals surface area contributed by atoms with Crippen molar-refractivity contribution in [2.24, 2.45) is 0 Å². The van der Waals surface area contributed by atoms with Gasteiger partial charge in [-0.15, -0.1) is 0 Å². The van der Waals surface area contributed by atoms with Crippen LogP contribution in [0.2, 0.25) is 0 Å². The molecule has 0 radical (unpaired) electrons. The molecular weight excluding hydrogens is 338 g/mol. The molecule has 2 aromatic rings. The quantitative estimate of drug-likeness (QED) is 0.808. The van der Waals surface area contributed by atoms with Crippen molar-refractivity contribution in [2.45, 2.75) is 0 Å². The first-order valence-corrected chi connectivity index (χ1v) is 8.20. The third kappa shape index (κ3) is 3.23. The second-order valence-electron chi connectivity index (χ2n) is 5.91. The zero-order valence-corrected chi connectivity index (χ0v) is 13.9. The smallest absolute Gasteiger partial charge is 0.274 e. The van der Waals surface area contributed by atoms with E-state index in [1.165, 1.54) is 6.33 Å². The third-order valence-corrected chi connectivity index (χ3v) is 4.30. The molecule has 0 saturated carbocycles. The SMILES string of the molecule is O=CN1CCN(c2cc(C(=O)Nc3ccc4c(c3)OCO4)ncn2)CC1. The van der Waals surface area contributed by atoms with E-state index in [9.17, 15) is 9.59 Å². The van der Waals surface area contributed by atoms with E-state index >= 15 is 0 Å². The molecule has 9 heteroatoms. The molecule has 0 unspecified atom stereocenters. The summed E-state index contributed by atoms with van der Waals surface area (Å²) in [5.74, 6) is 1.58. The maximum atomic E-state index is 12.5. The first-order chi connectivity index (χ1) is 12.7. The Kier molecular flexibility index (Phi) is 4.26. The Balaban J connectivity index is 1.46. The number of benzene rings is 1. The Hall–Kier alpha value is -3.36. The van der Waals surface area contributed by atoms with Gasteiger partial charge in [-0.2, -0.15) is 0 Å². The number of anilines is 2. The molecule has 9 nitrogen and oxygen atoms in total. The molecule has 26 heavy (non-hydrogen) atoms. The predicted octanol–water partition coefficient (Wildman–Crippen LogP) is 0.736. The van der Waals surface area contributed by atoms with Crippen molar-refractivity contribution in [3.05, 3.63) is 36.3 Å². The first kappa shape index (κ1) is 16.1. The molecule has 0 atom stereocenters.